The highest BCUT2D eigenvalue weighted by atomic mass is 19.1. The fourth-order valence-electron chi connectivity index (χ4n) is 2.46. The lowest BCUT2D eigenvalue weighted by molar-refractivity contribution is 0.0953. The first-order chi connectivity index (χ1) is 10.1. The molecule has 0 aliphatic rings. The molecule has 1 aromatic rings. The van der Waals surface area contributed by atoms with E-state index in [2.05, 4.69) is 13.8 Å². The van der Waals surface area contributed by atoms with Crippen LogP contribution in [0.25, 0.3) is 0 Å². The number of hydrazine groups is 1. The lowest BCUT2D eigenvalue weighted by atomic mass is 10.1. The summed E-state index contributed by atoms with van der Waals surface area (Å²) in [5.41, 5.74) is 2.79. The van der Waals surface area contributed by atoms with Gasteiger partial charge in [-0.25, -0.2) is 10.2 Å². The first-order valence-electron chi connectivity index (χ1n) is 7.21. The van der Waals surface area contributed by atoms with Crippen LogP contribution in [0.2, 0.25) is 0 Å². The molecule has 118 valence electrons. The van der Waals surface area contributed by atoms with Crippen molar-refractivity contribution in [3.63, 3.8) is 0 Å². The molecule has 0 unspecified atom stereocenters. The molecule has 0 aliphatic heterocycles. The van der Waals surface area contributed by atoms with Gasteiger partial charge in [0.1, 0.15) is 5.82 Å². The second-order valence-electron chi connectivity index (χ2n) is 4.94. The van der Waals surface area contributed by atoms with Crippen LogP contribution >= 0.6 is 0 Å². The summed E-state index contributed by atoms with van der Waals surface area (Å²) in [7, 11) is 0. The minimum Gasteiger partial charge on any atom is -0.395 e. The maximum atomic E-state index is 14.0. The van der Waals surface area contributed by atoms with Gasteiger partial charge in [-0.3, -0.25) is 15.1 Å². The Balaban J connectivity index is 2.99. The minimum absolute atomic E-state index is 0.0150. The summed E-state index contributed by atoms with van der Waals surface area (Å²) in [5, 5.41) is 9.19. The Hall–Kier alpha value is -1.50. The molecule has 0 bridgehead atoms. The third kappa shape index (κ3) is 4.77. The number of aliphatic hydroxyl groups excluding tert-OH is 1. The van der Waals surface area contributed by atoms with Gasteiger partial charge in [-0.05, 0) is 31.0 Å². The zero-order chi connectivity index (χ0) is 15.8. The fraction of sp³-hybridized carbons (Fsp3) is 0.533. The largest absolute Gasteiger partial charge is 0.395 e. The van der Waals surface area contributed by atoms with Gasteiger partial charge < -0.3 is 5.11 Å². The van der Waals surface area contributed by atoms with Gasteiger partial charge in [0.2, 0.25) is 0 Å². The molecule has 0 aromatic heterocycles. The first-order valence-corrected chi connectivity index (χ1v) is 7.21. The number of nitrogens with two attached hydrogens (primary N) is 1. The number of aliphatic hydroxyl groups is 1. The van der Waals surface area contributed by atoms with Gasteiger partial charge in [0.25, 0.3) is 5.91 Å². The van der Waals surface area contributed by atoms with Gasteiger partial charge in [0, 0.05) is 30.3 Å². The van der Waals surface area contributed by atoms with Crippen LogP contribution < -0.4 is 11.3 Å². The second kappa shape index (κ2) is 8.71. The molecule has 21 heavy (non-hydrogen) atoms. The maximum Gasteiger partial charge on any atom is 0.265 e. The Bertz CT molecular complexity index is 464. The summed E-state index contributed by atoms with van der Waals surface area (Å²) in [6.07, 6.45) is 1.84. The molecule has 5 nitrogen and oxygen atoms in total. The van der Waals surface area contributed by atoms with E-state index < -0.39 is 5.91 Å². The molecule has 0 spiro atoms. The van der Waals surface area contributed by atoms with Crippen molar-refractivity contribution >= 4 is 5.91 Å². The predicted octanol–water partition coefficient (Wildman–Crippen LogP) is 1.41. The average molecular weight is 297 g/mol. The molecule has 0 saturated carbocycles. The number of nitrogen functional groups attached to an aromatic ring is 1. The fourth-order valence-corrected chi connectivity index (χ4v) is 2.46. The predicted molar refractivity (Wildman–Crippen MR) is 79.9 cm³/mol. The van der Waals surface area contributed by atoms with Crippen LogP contribution in [0.5, 0.6) is 0 Å². The first kappa shape index (κ1) is 17.6. The lowest BCUT2D eigenvalue weighted by Gasteiger charge is -2.30. The summed E-state index contributed by atoms with van der Waals surface area (Å²) >= 11 is 0. The van der Waals surface area contributed by atoms with Crippen LogP contribution in [0, 0.1) is 5.82 Å². The number of carbonyl (C=O) groups excluding carboxylic acids is 1. The van der Waals surface area contributed by atoms with E-state index >= 15 is 0 Å². The highest BCUT2D eigenvalue weighted by molar-refractivity contribution is 5.93. The van der Waals surface area contributed by atoms with Crippen LogP contribution in [-0.2, 0) is 6.54 Å². The number of halogens is 1. The quantitative estimate of drug-likeness (QED) is 0.385. The molecule has 1 amide bonds. The van der Waals surface area contributed by atoms with E-state index in [0.717, 1.165) is 12.8 Å². The van der Waals surface area contributed by atoms with Gasteiger partial charge in [-0.2, -0.15) is 0 Å². The van der Waals surface area contributed by atoms with E-state index in [1.54, 1.807) is 0 Å². The van der Waals surface area contributed by atoms with Crippen molar-refractivity contribution in [1.29, 1.82) is 0 Å². The SMILES string of the molecule is CCC(CC)N(CCO)Cc1cc(C(=O)NN)ccc1F. The number of rotatable bonds is 8. The number of carbonyl (C=O) groups is 1. The summed E-state index contributed by atoms with van der Waals surface area (Å²) in [6.45, 7) is 4.96. The maximum absolute atomic E-state index is 14.0. The molecule has 0 radical (unpaired) electrons. The van der Waals surface area contributed by atoms with Crippen molar-refractivity contribution < 1.29 is 14.3 Å². The van der Waals surface area contributed by atoms with Gasteiger partial charge in [0.15, 0.2) is 0 Å². The molecular formula is C15H24FN3O2. The van der Waals surface area contributed by atoms with E-state index in [-0.39, 0.29) is 18.5 Å². The van der Waals surface area contributed by atoms with Gasteiger partial charge >= 0.3 is 0 Å². The summed E-state index contributed by atoms with van der Waals surface area (Å²) in [5.74, 6) is 4.28. The molecule has 6 heteroatoms. The zero-order valence-electron chi connectivity index (χ0n) is 12.6. The zero-order valence-corrected chi connectivity index (χ0v) is 12.6. The molecule has 1 aromatic carbocycles. The van der Waals surface area contributed by atoms with Crippen LogP contribution in [0.15, 0.2) is 18.2 Å². The van der Waals surface area contributed by atoms with Gasteiger partial charge in [-0.15, -0.1) is 0 Å². The Kier molecular flexibility index (Phi) is 7.28. The standard InChI is InChI=1S/C15H24FN3O2/c1-3-13(4-2)19(7-8-20)10-12-9-11(15(21)18-17)5-6-14(12)16/h5-6,9,13,20H,3-4,7-8,10,17H2,1-2H3,(H,18,21). The van der Waals surface area contributed by atoms with Gasteiger partial charge in [-0.1, -0.05) is 13.8 Å². The Labute approximate surface area is 124 Å². The van der Waals surface area contributed by atoms with Crippen molar-refractivity contribution in [3.05, 3.63) is 35.1 Å². The molecule has 0 fully saturated rings. The Morgan fingerprint density at radius 1 is 1.43 bits per heavy atom. The van der Waals surface area contributed by atoms with Crippen molar-refractivity contribution in [1.82, 2.24) is 10.3 Å². The van der Waals surface area contributed by atoms with Crippen molar-refractivity contribution in [2.24, 2.45) is 5.84 Å². The van der Waals surface area contributed by atoms with Crippen molar-refractivity contribution in [3.8, 4) is 0 Å². The summed E-state index contributed by atoms with van der Waals surface area (Å²) in [6, 6.07) is 4.44. The smallest absolute Gasteiger partial charge is 0.265 e. The number of nitrogens with zero attached hydrogens (tertiary/aromatic N) is 1. The minimum atomic E-state index is -0.451. The van der Waals surface area contributed by atoms with E-state index in [1.165, 1.54) is 18.2 Å². The molecule has 0 saturated heterocycles. The van der Waals surface area contributed by atoms with Gasteiger partial charge in [0.05, 0.1) is 6.61 Å². The topological polar surface area (TPSA) is 78.6 Å². The number of benzene rings is 1. The van der Waals surface area contributed by atoms with E-state index in [0.29, 0.717) is 24.2 Å². The van der Waals surface area contributed by atoms with Crippen LogP contribution in [0.3, 0.4) is 0 Å². The normalized spacial score (nSPS) is 11.2. The Morgan fingerprint density at radius 3 is 2.62 bits per heavy atom. The monoisotopic (exact) mass is 297 g/mol. The molecule has 4 N–H and O–H groups in total. The average Bonchev–Trinajstić information content (AvgIpc) is 2.50. The third-order valence-corrected chi connectivity index (χ3v) is 3.66. The van der Waals surface area contributed by atoms with Crippen LogP contribution in [0.4, 0.5) is 4.39 Å². The van der Waals surface area contributed by atoms with Crippen LogP contribution in [0.1, 0.15) is 42.6 Å². The van der Waals surface area contributed by atoms with Crippen molar-refractivity contribution in [2.75, 3.05) is 13.2 Å². The van der Waals surface area contributed by atoms with Crippen molar-refractivity contribution in [2.45, 2.75) is 39.3 Å². The van der Waals surface area contributed by atoms with E-state index in [9.17, 15) is 14.3 Å². The molecule has 0 aliphatic carbocycles. The third-order valence-electron chi connectivity index (χ3n) is 3.66. The van der Waals surface area contributed by atoms with Crippen LogP contribution in [-0.4, -0.2) is 35.1 Å². The number of nitrogens with one attached hydrogen (secondary N) is 1. The number of amides is 1. The summed E-state index contributed by atoms with van der Waals surface area (Å²) < 4.78 is 14.0. The lowest BCUT2D eigenvalue weighted by Crippen LogP contribution is -2.36. The highest BCUT2D eigenvalue weighted by Gasteiger charge is 2.17. The Morgan fingerprint density at radius 2 is 2.10 bits per heavy atom. The number of hydrogen-bond acceptors (Lipinski definition) is 4. The number of hydrogen-bond donors (Lipinski definition) is 3. The molecule has 0 atom stereocenters. The molecule has 0 heterocycles. The summed E-state index contributed by atoms with van der Waals surface area (Å²) in [4.78, 5) is 13.6. The highest BCUT2D eigenvalue weighted by Crippen LogP contribution is 2.17. The van der Waals surface area contributed by atoms with E-state index in [4.69, 9.17) is 5.84 Å². The molecule has 1 rings (SSSR count). The second-order valence-corrected chi connectivity index (χ2v) is 4.94. The molecular weight excluding hydrogens is 273 g/mol. The van der Waals surface area contributed by atoms with E-state index in [1.807, 2.05) is 10.3 Å².